The lowest BCUT2D eigenvalue weighted by atomic mass is 10.1. The van der Waals surface area contributed by atoms with Crippen LogP contribution in [0.2, 0.25) is 0 Å². The van der Waals surface area contributed by atoms with E-state index in [9.17, 15) is 4.79 Å². The van der Waals surface area contributed by atoms with Gasteiger partial charge in [0, 0.05) is 39.1 Å². The molecule has 1 fully saturated rings. The fraction of sp³-hybridized carbons (Fsp3) is 0.409. The molecule has 0 aromatic heterocycles. The molecular weight excluding hydrogens is 340 g/mol. The van der Waals surface area contributed by atoms with E-state index in [0.29, 0.717) is 0 Å². The molecule has 5 heteroatoms. The van der Waals surface area contributed by atoms with E-state index in [1.807, 2.05) is 36.1 Å². The first kappa shape index (κ1) is 17.9. The highest BCUT2D eigenvalue weighted by Crippen LogP contribution is 2.26. The minimum atomic E-state index is 0.0610. The van der Waals surface area contributed by atoms with Crippen molar-refractivity contribution in [3.8, 4) is 11.5 Å². The van der Waals surface area contributed by atoms with Crippen LogP contribution in [0.4, 0.5) is 0 Å². The lowest BCUT2D eigenvalue weighted by molar-refractivity contribution is -0.135. The molecule has 5 nitrogen and oxygen atoms in total. The number of carbonyl (C=O) groups excluding carboxylic acids is 1. The van der Waals surface area contributed by atoms with E-state index >= 15 is 0 Å². The van der Waals surface area contributed by atoms with Gasteiger partial charge in [-0.3, -0.25) is 9.69 Å². The van der Waals surface area contributed by atoms with E-state index in [2.05, 4.69) is 23.1 Å². The van der Waals surface area contributed by atoms with Gasteiger partial charge in [-0.25, -0.2) is 0 Å². The van der Waals surface area contributed by atoms with Crippen LogP contribution in [0.5, 0.6) is 11.5 Å². The van der Waals surface area contributed by atoms with Crippen molar-refractivity contribution in [1.29, 1.82) is 0 Å². The van der Waals surface area contributed by atoms with Gasteiger partial charge in [0.1, 0.15) is 11.5 Å². The summed E-state index contributed by atoms with van der Waals surface area (Å²) in [6.45, 7) is 7.14. The van der Waals surface area contributed by atoms with E-state index in [1.54, 1.807) is 0 Å². The number of hydrogen-bond donors (Lipinski definition) is 0. The van der Waals surface area contributed by atoms with Crippen molar-refractivity contribution in [3.63, 3.8) is 0 Å². The molecule has 2 aliphatic heterocycles. The molecule has 1 saturated heterocycles. The molecule has 0 N–H and O–H groups in total. The summed E-state index contributed by atoms with van der Waals surface area (Å²) in [6.07, 6.45) is 1.01. The molecule has 0 radical (unpaired) electrons. The van der Waals surface area contributed by atoms with Gasteiger partial charge < -0.3 is 14.4 Å². The van der Waals surface area contributed by atoms with Gasteiger partial charge in [0.25, 0.3) is 5.91 Å². The maximum atomic E-state index is 12.4. The molecule has 1 amide bonds. The maximum Gasteiger partial charge on any atom is 0.260 e. The van der Waals surface area contributed by atoms with E-state index in [-0.39, 0.29) is 12.5 Å². The summed E-state index contributed by atoms with van der Waals surface area (Å²) in [5.74, 6) is 1.84. The summed E-state index contributed by atoms with van der Waals surface area (Å²) in [4.78, 5) is 16.7. The number of aryl methyl sites for hydroxylation is 1. The summed E-state index contributed by atoms with van der Waals surface area (Å²) < 4.78 is 11.2. The van der Waals surface area contributed by atoms with Crippen LogP contribution in [0, 0.1) is 6.92 Å². The maximum absolute atomic E-state index is 12.4. The number of rotatable bonds is 5. The summed E-state index contributed by atoms with van der Waals surface area (Å²) in [5, 5.41) is 0. The molecule has 0 bridgehead atoms. The van der Waals surface area contributed by atoms with Crippen LogP contribution < -0.4 is 9.47 Å². The Labute approximate surface area is 160 Å². The summed E-state index contributed by atoms with van der Waals surface area (Å²) in [5.41, 5.74) is 3.77. The van der Waals surface area contributed by atoms with Crippen LogP contribution in [0.3, 0.4) is 0 Å². The predicted molar refractivity (Wildman–Crippen MR) is 104 cm³/mol. The van der Waals surface area contributed by atoms with Crippen LogP contribution in [-0.2, 0) is 17.8 Å². The minimum Gasteiger partial charge on any atom is -0.493 e. The van der Waals surface area contributed by atoms with Crippen molar-refractivity contribution < 1.29 is 14.3 Å². The Morgan fingerprint density at radius 1 is 1.11 bits per heavy atom. The molecule has 4 rings (SSSR count). The van der Waals surface area contributed by atoms with Gasteiger partial charge in [0.15, 0.2) is 6.61 Å². The first-order valence-electron chi connectivity index (χ1n) is 9.61. The molecule has 27 heavy (non-hydrogen) atoms. The Bertz CT molecular complexity index is 813. The van der Waals surface area contributed by atoms with Crippen LogP contribution in [-0.4, -0.2) is 55.1 Å². The molecule has 2 aromatic rings. The van der Waals surface area contributed by atoms with Crippen LogP contribution in [0.25, 0.3) is 0 Å². The van der Waals surface area contributed by atoms with E-state index in [4.69, 9.17) is 9.47 Å². The molecule has 0 unspecified atom stereocenters. The molecular formula is C22H26N2O3. The van der Waals surface area contributed by atoms with E-state index in [1.165, 1.54) is 11.1 Å². The van der Waals surface area contributed by atoms with E-state index in [0.717, 1.165) is 62.8 Å². The minimum absolute atomic E-state index is 0.0610. The Morgan fingerprint density at radius 2 is 1.96 bits per heavy atom. The fourth-order valence-corrected chi connectivity index (χ4v) is 3.69. The number of nitrogens with zero attached hydrogens (tertiary/aromatic N) is 2. The van der Waals surface area contributed by atoms with Crippen molar-refractivity contribution in [2.24, 2.45) is 0 Å². The van der Waals surface area contributed by atoms with Crippen LogP contribution in [0.15, 0.2) is 42.5 Å². The second-order valence-corrected chi connectivity index (χ2v) is 7.30. The average Bonchev–Trinajstić information content (AvgIpc) is 3.15. The van der Waals surface area contributed by atoms with Crippen molar-refractivity contribution in [1.82, 2.24) is 9.80 Å². The summed E-state index contributed by atoms with van der Waals surface area (Å²) >= 11 is 0. The molecule has 142 valence electrons. The van der Waals surface area contributed by atoms with E-state index < -0.39 is 0 Å². The van der Waals surface area contributed by atoms with Gasteiger partial charge in [-0.05, 0) is 41.8 Å². The fourth-order valence-electron chi connectivity index (χ4n) is 3.69. The number of piperazine rings is 1. The van der Waals surface area contributed by atoms with Crippen molar-refractivity contribution in [2.75, 3.05) is 39.4 Å². The number of amides is 1. The monoisotopic (exact) mass is 366 g/mol. The van der Waals surface area contributed by atoms with Crippen LogP contribution >= 0.6 is 0 Å². The smallest absolute Gasteiger partial charge is 0.260 e. The molecule has 0 spiro atoms. The molecule has 0 saturated carbocycles. The second kappa shape index (κ2) is 8.01. The number of carbonyl (C=O) groups is 1. The Hall–Kier alpha value is -2.53. The topological polar surface area (TPSA) is 42.0 Å². The highest BCUT2D eigenvalue weighted by molar-refractivity contribution is 5.77. The van der Waals surface area contributed by atoms with Gasteiger partial charge in [0.2, 0.25) is 0 Å². The zero-order chi connectivity index (χ0) is 18.6. The van der Waals surface area contributed by atoms with Crippen molar-refractivity contribution in [3.05, 3.63) is 59.2 Å². The van der Waals surface area contributed by atoms with Crippen molar-refractivity contribution >= 4 is 5.91 Å². The molecule has 2 aromatic carbocycles. The standard InChI is InChI=1S/C22H26N2O3/c1-17-3-2-4-20(13-17)27-16-22(25)24-10-8-23(9-11-24)15-18-5-6-21-19(14-18)7-12-26-21/h2-6,13-14H,7-12,15-16H2,1H3. The van der Waals surface area contributed by atoms with Crippen molar-refractivity contribution in [2.45, 2.75) is 19.9 Å². The Morgan fingerprint density at radius 3 is 2.78 bits per heavy atom. The summed E-state index contributed by atoms with van der Waals surface area (Å²) in [7, 11) is 0. The number of fused-ring (bicyclic) bond motifs is 1. The van der Waals surface area contributed by atoms with Gasteiger partial charge in [-0.1, -0.05) is 24.3 Å². The Kier molecular flexibility index (Phi) is 5.30. The van der Waals surface area contributed by atoms with Crippen LogP contribution in [0.1, 0.15) is 16.7 Å². The molecule has 2 heterocycles. The quantitative estimate of drug-likeness (QED) is 0.816. The zero-order valence-corrected chi connectivity index (χ0v) is 15.8. The SMILES string of the molecule is Cc1cccc(OCC(=O)N2CCN(Cc3ccc4c(c3)CCO4)CC2)c1. The first-order chi connectivity index (χ1) is 13.2. The van der Waals surface area contributed by atoms with Gasteiger partial charge in [-0.2, -0.15) is 0 Å². The number of ether oxygens (including phenoxy) is 2. The molecule has 0 atom stereocenters. The van der Waals surface area contributed by atoms with Gasteiger partial charge >= 0.3 is 0 Å². The second-order valence-electron chi connectivity index (χ2n) is 7.30. The number of benzene rings is 2. The summed E-state index contributed by atoms with van der Waals surface area (Å²) in [6, 6.07) is 14.3. The predicted octanol–water partition coefficient (Wildman–Crippen LogP) is 2.65. The highest BCUT2D eigenvalue weighted by Gasteiger charge is 2.22. The molecule has 0 aliphatic carbocycles. The normalized spacial score (nSPS) is 16.7. The number of hydrogen-bond acceptors (Lipinski definition) is 4. The third-order valence-corrected chi connectivity index (χ3v) is 5.24. The van der Waals surface area contributed by atoms with Gasteiger partial charge in [0.05, 0.1) is 6.61 Å². The molecule has 2 aliphatic rings. The third kappa shape index (κ3) is 4.42. The average molecular weight is 366 g/mol. The zero-order valence-electron chi connectivity index (χ0n) is 15.8. The lowest BCUT2D eigenvalue weighted by Gasteiger charge is -2.34. The lowest BCUT2D eigenvalue weighted by Crippen LogP contribution is -2.49. The highest BCUT2D eigenvalue weighted by atomic mass is 16.5. The Balaban J connectivity index is 1.24. The third-order valence-electron chi connectivity index (χ3n) is 5.24. The largest absolute Gasteiger partial charge is 0.493 e. The first-order valence-corrected chi connectivity index (χ1v) is 9.61. The van der Waals surface area contributed by atoms with Gasteiger partial charge in [-0.15, -0.1) is 0 Å².